The SMILES string of the molecule is CCc1cc(C)cc(CC)c1C(O)C(O)CC(=O)OC. The maximum absolute atomic E-state index is 11.2. The van der Waals surface area contributed by atoms with E-state index in [4.69, 9.17) is 0 Å². The number of benzene rings is 1. The van der Waals surface area contributed by atoms with Crippen molar-refractivity contribution in [3.63, 3.8) is 0 Å². The minimum atomic E-state index is -1.15. The van der Waals surface area contributed by atoms with Crippen LogP contribution < -0.4 is 0 Å². The molecule has 0 aromatic heterocycles. The number of aliphatic hydroxyl groups excluding tert-OH is 2. The molecule has 1 aromatic rings. The maximum atomic E-state index is 11.2. The summed E-state index contributed by atoms with van der Waals surface area (Å²) in [5.41, 5.74) is 3.91. The third-order valence-electron chi connectivity index (χ3n) is 3.52. The molecule has 0 heterocycles. The predicted molar refractivity (Wildman–Crippen MR) is 77.5 cm³/mol. The largest absolute Gasteiger partial charge is 0.469 e. The van der Waals surface area contributed by atoms with Gasteiger partial charge in [-0.25, -0.2) is 0 Å². The van der Waals surface area contributed by atoms with Crippen LogP contribution in [0.3, 0.4) is 0 Å². The van der Waals surface area contributed by atoms with Gasteiger partial charge in [-0.3, -0.25) is 4.79 Å². The first-order chi connectivity index (χ1) is 9.44. The molecule has 1 aromatic carbocycles. The van der Waals surface area contributed by atoms with Crippen molar-refractivity contribution in [2.75, 3.05) is 7.11 Å². The van der Waals surface area contributed by atoms with Crippen molar-refractivity contribution in [3.8, 4) is 0 Å². The van der Waals surface area contributed by atoms with Crippen LogP contribution in [0.15, 0.2) is 12.1 Å². The summed E-state index contributed by atoms with van der Waals surface area (Å²) in [6.45, 7) is 6.04. The number of hydrogen-bond acceptors (Lipinski definition) is 4. The van der Waals surface area contributed by atoms with Crippen LogP contribution >= 0.6 is 0 Å². The van der Waals surface area contributed by atoms with E-state index in [0.717, 1.165) is 35.1 Å². The van der Waals surface area contributed by atoms with Crippen molar-refractivity contribution in [2.24, 2.45) is 0 Å². The van der Waals surface area contributed by atoms with Crippen LogP contribution in [0.2, 0.25) is 0 Å². The van der Waals surface area contributed by atoms with Gasteiger partial charge in [0, 0.05) is 0 Å². The second-order valence-electron chi connectivity index (χ2n) is 5.00. The standard InChI is InChI=1S/C16H24O4/c1-5-11-7-10(3)8-12(6-2)15(11)16(19)13(17)9-14(18)20-4/h7-8,13,16-17,19H,5-6,9H2,1-4H3. The summed E-state index contributed by atoms with van der Waals surface area (Å²) in [7, 11) is 1.27. The van der Waals surface area contributed by atoms with Crippen molar-refractivity contribution in [1.29, 1.82) is 0 Å². The molecule has 0 saturated carbocycles. The van der Waals surface area contributed by atoms with Gasteiger partial charge in [-0.2, -0.15) is 0 Å². The van der Waals surface area contributed by atoms with E-state index < -0.39 is 18.2 Å². The van der Waals surface area contributed by atoms with Crippen LogP contribution in [-0.2, 0) is 22.4 Å². The van der Waals surface area contributed by atoms with Crippen LogP contribution in [-0.4, -0.2) is 29.4 Å². The molecule has 2 unspecified atom stereocenters. The minimum absolute atomic E-state index is 0.210. The van der Waals surface area contributed by atoms with E-state index in [1.54, 1.807) is 0 Å². The number of hydrogen-bond donors (Lipinski definition) is 2. The van der Waals surface area contributed by atoms with Gasteiger partial charge in [0.15, 0.2) is 0 Å². The average molecular weight is 280 g/mol. The monoisotopic (exact) mass is 280 g/mol. The van der Waals surface area contributed by atoms with Gasteiger partial charge in [-0.05, 0) is 36.5 Å². The van der Waals surface area contributed by atoms with Gasteiger partial charge in [0.05, 0.1) is 19.6 Å². The Morgan fingerprint density at radius 3 is 2.10 bits per heavy atom. The molecule has 2 N–H and O–H groups in total. The summed E-state index contributed by atoms with van der Waals surface area (Å²) in [4.78, 5) is 11.2. The average Bonchev–Trinajstić information content (AvgIpc) is 2.44. The Bertz CT molecular complexity index is 443. The zero-order valence-corrected chi connectivity index (χ0v) is 12.6. The molecule has 0 amide bonds. The summed E-state index contributed by atoms with van der Waals surface area (Å²) in [6.07, 6.45) is -0.893. The van der Waals surface area contributed by atoms with Gasteiger partial charge in [0.1, 0.15) is 6.10 Å². The molecule has 0 saturated heterocycles. The van der Waals surface area contributed by atoms with Crippen molar-refractivity contribution < 1.29 is 19.7 Å². The number of methoxy groups -OCH3 is 1. The molecule has 4 heteroatoms. The molecule has 1 rings (SSSR count). The molecular weight excluding hydrogens is 256 g/mol. The predicted octanol–water partition coefficient (Wildman–Crippen LogP) is 2.08. The van der Waals surface area contributed by atoms with Crippen molar-refractivity contribution in [3.05, 3.63) is 34.4 Å². The summed E-state index contributed by atoms with van der Waals surface area (Å²) in [6, 6.07) is 4.03. The van der Waals surface area contributed by atoms with E-state index >= 15 is 0 Å². The molecule has 0 aliphatic rings. The Morgan fingerprint density at radius 2 is 1.70 bits per heavy atom. The zero-order chi connectivity index (χ0) is 15.3. The molecule has 0 aliphatic heterocycles. The molecule has 2 atom stereocenters. The lowest BCUT2D eigenvalue weighted by Crippen LogP contribution is -2.24. The van der Waals surface area contributed by atoms with E-state index in [1.165, 1.54) is 7.11 Å². The molecule has 0 spiro atoms. The van der Waals surface area contributed by atoms with Crippen LogP contribution in [0, 0.1) is 6.92 Å². The Labute approximate surface area is 120 Å². The summed E-state index contributed by atoms with van der Waals surface area (Å²) in [5.74, 6) is -0.528. The molecule has 112 valence electrons. The second kappa shape index (κ2) is 7.41. The molecule has 0 aliphatic carbocycles. The highest BCUT2D eigenvalue weighted by molar-refractivity contribution is 5.69. The number of esters is 1. The second-order valence-corrected chi connectivity index (χ2v) is 5.00. The molecule has 4 nitrogen and oxygen atoms in total. The Hall–Kier alpha value is -1.39. The number of rotatable bonds is 6. The van der Waals surface area contributed by atoms with Gasteiger partial charge in [-0.1, -0.05) is 31.5 Å². The first-order valence-corrected chi connectivity index (χ1v) is 6.99. The topological polar surface area (TPSA) is 66.8 Å². The zero-order valence-electron chi connectivity index (χ0n) is 12.6. The third kappa shape index (κ3) is 3.81. The lowest BCUT2D eigenvalue weighted by molar-refractivity contribution is -0.144. The quantitative estimate of drug-likeness (QED) is 0.783. The minimum Gasteiger partial charge on any atom is -0.469 e. The number of aryl methyl sites for hydroxylation is 3. The van der Waals surface area contributed by atoms with Crippen LogP contribution in [0.25, 0.3) is 0 Å². The van der Waals surface area contributed by atoms with E-state index in [-0.39, 0.29) is 6.42 Å². The molecule has 20 heavy (non-hydrogen) atoms. The lowest BCUT2D eigenvalue weighted by atomic mass is 9.88. The Kier molecular flexibility index (Phi) is 6.17. The van der Waals surface area contributed by atoms with Crippen LogP contribution in [0.4, 0.5) is 0 Å². The van der Waals surface area contributed by atoms with Crippen molar-refractivity contribution in [1.82, 2.24) is 0 Å². The fourth-order valence-corrected chi connectivity index (χ4v) is 2.48. The van der Waals surface area contributed by atoms with Gasteiger partial charge in [0.25, 0.3) is 0 Å². The molecule has 0 radical (unpaired) electrons. The first-order valence-electron chi connectivity index (χ1n) is 6.99. The van der Waals surface area contributed by atoms with E-state index in [1.807, 2.05) is 32.9 Å². The highest BCUT2D eigenvalue weighted by Gasteiger charge is 2.25. The van der Waals surface area contributed by atoms with Gasteiger partial charge in [0.2, 0.25) is 0 Å². The highest BCUT2D eigenvalue weighted by atomic mass is 16.5. The van der Waals surface area contributed by atoms with Crippen molar-refractivity contribution >= 4 is 5.97 Å². The van der Waals surface area contributed by atoms with E-state index in [2.05, 4.69) is 4.74 Å². The smallest absolute Gasteiger partial charge is 0.308 e. The van der Waals surface area contributed by atoms with Gasteiger partial charge < -0.3 is 14.9 Å². The van der Waals surface area contributed by atoms with Crippen LogP contribution in [0.5, 0.6) is 0 Å². The molecular formula is C16H24O4. The Balaban J connectivity index is 3.13. The third-order valence-corrected chi connectivity index (χ3v) is 3.52. The number of carbonyl (C=O) groups is 1. The number of carbonyl (C=O) groups excluding carboxylic acids is 1. The molecule has 0 fully saturated rings. The van der Waals surface area contributed by atoms with E-state index in [0.29, 0.717) is 0 Å². The Morgan fingerprint density at radius 1 is 1.20 bits per heavy atom. The maximum Gasteiger partial charge on any atom is 0.308 e. The normalized spacial score (nSPS) is 13.9. The summed E-state index contributed by atoms with van der Waals surface area (Å²) in [5, 5.41) is 20.4. The number of ether oxygens (including phenoxy) is 1. The summed E-state index contributed by atoms with van der Waals surface area (Å²) < 4.78 is 4.53. The number of aliphatic hydroxyl groups is 2. The van der Waals surface area contributed by atoms with Gasteiger partial charge >= 0.3 is 5.97 Å². The fourth-order valence-electron chi connectivity index (χ4n) is 2.48. The first kappa shape index (κ1) is 16.7. The lowest BCUT2D eigenvalue weighted by Gasteiger charge is -2.23. The highest BCUT2D eigenvalue weighted by Crippen LogP contribution is 2.29. The van der Waals surface area contributed by atoms with Gasteiger partial charge in [-0.15, -0.1) is 0 Å². The van der Waals surface area contributed by atoms with E-state index in [9.17, 15) is 15.0 Å². The van der Waals surface area contributed by atoms with Crippen LogP contribution in [0.1, 0.15) is 48.6 Å². The summed E-state index contributed by atoms with van der Waals surface area (Å²) >= 11 is 0. The fraction of sp³-hybridized carbons (Fsp3) is 0.562. The molecule has 0 bridgehead atoms. The van der Waals surface area contributed by atoms with Crippen molar-refractivity contribution in [2.45, 2.75) is 52.2 Å².